The molecule has 0 amide bonds. The molecule has 3 aromatic rings. The van der Waals surface area contributed by atoms with E-state index < -0.39 is 0 Å². The highest BCUT2D eigenvalue weighted by atomic mass is 127. The maximum Gasteiger partial charge on any atom is 0.102 e. The summed E-state index contributed by atoms with van der Waals surface area (Å²) in [5, 5.41) is 3.49. The summed E-state index contributed by atoms with van der Waals surface area (Å²) in [6, 6.07) is 10.3. The van der Waals surface area contributed by atoms with E-state index in [0.717, 1.165) is 14.6 Å². The third-order valence-corrected chi connectivity index (χ3v) is 3.03. The average molecular weight is 306 g/mol. The van der Waals surface area contributed by atoms with Crippen LogP contribution in [0.2, 0.25) is 0 Å². The largest absolute Gasteiger partial charge is 0.256 e. The van der Waals surface area contributed by atoms with Crippen molar-refractivity contribution in [2.45, 2.75) is 0 Å². The standard InChI is InChI=1S/C12H7IN2/c13-11-6-10-9(7-15-11)4-3-8-2-1-5-14-12(8)10/h1-7H. The molecule has 0 atom stereocenters. The smallest absolute Gasteiger partial charge is 0.102 e. The summed E-state index contributed by atoms with van der Waals surface area (Å²) in [6.45, 7) is 0. The number of nitrogens with zero attached hydrogens (tertiary/aromatic N) is 2. The van der Waals surface area contributed by atoms with E-state index in [-0.39, 0.29) is 0 Å². The van der Waals surface area contributed by atoms with E-state index in [1.54, 1.807) is 0 Å². The predicted molar refractivity (Wildman–Crippen MR) is 69.8 cm³/mol. The maximum absolute atomic E-state index is 4.42. The molecule has 72 valence electrons. The summed E-state index contributed by atoms with van der Waals surface area (Å²) in [5.41, 5.74) is 1.05. The molecule has 0 aliphatic heterocycles. The maximum atomic E-state index is 4.42. The number of rotatable bonds is 0. The van der Waals surface area contributed by atoms with Gasteiger partial charge < -0.3 is 0 Å². The van der Waals surface area contributed by atoms with Gasteiger partial charge in [0.2, 0.25) is 0 Å². The van der Waals surface area contributed by atoms with Crippen LogP contribution in [-0.2, 0) is 0 Å². The Bertz CT molecular complexity index is 649. The van der Waals surface area contributed by atoms with Gasteiger partial charge in [-0.3, -0.25) is 4.98 Å². The van der Waals surface area contributed by atoms with E-state index in [2.05, 4.69) is 56.8 Å². The van der Waals surface area contributed by atoms with E-state index in [9.17, 15) is 0 Å². The second-order valence-electron chi connectivity index (χ2n) is 3.37. The topological polar surface area (TPSA) is 25.8 Å². The third-order valence-electron chi connectivity index (χ3n) is 2.44. The molecule has 1 aromatic carbocycles. The zero-order chi connectivity index (χ0) is 10.3. The van der Waals surface area contributed by atoms with Gasteiger partial charge in [-0.05, 0) is 34.7 Å². The fourth-order valence-corrected chi connectivity index (χ4v) is 2.19. The van der Waals surface area contributed by atoms with Crippen molar-refractivity contribution in [3.63, 3.8) is 0 Å². The zero-order valence-electron chi connectivity index (χ0n) is 7.81. The fourth-order valence-electron chi connectivity index (χ4n) is 1.74. The number of hydrogen-bond donors (Lipinski definition) is 0. The van der Waals surface area contributed by atoms with Crippen LogP contribution in [0, 0.1) is 3.70 Å². The van der Waals surface area contributed by atoms with Crippen molar-refractivity contribution in [3.8, 4) is 0 Å². The molecule has 0 aliphatic rings. The van der Waals surface area contributed by atoms with Gasteiger partial charge in [-0.25, -0.2) is 4.98 Å². The molecule has 2 nitrogen and oxygen atoms in total. The minimum absolute atomic E-state index is 0.998. The number of aromatic nitrogens is 2. The first-order valence-corrected chi connectivity index (χ1v) is 5.71. The summed E-state index contributed by atoms with van der Waals surface area (Å²) in [7, 11) is 0. The van der Waals surface area contributed by atoms with Crippen molar-refractivity contribution in [2.75, 3.05) is 0 Å². The molecule has 15 heavy (non-hydrogen) atoms. The number of pyridine rings is 2. The lowest BCUT2D eigenvalue weighted by Gasteiger charge is -2.02. The molecule has 0 saturated heterocycles. The molecular formula is C12H7IN2. The van der Waals surface area contributed by atoms with Crippen LogP contribution < -0.4 is 0 Å². The van der Waals surface area contributed by atoms with Crippen molar-refractivity contribution in [1.82, 2.24) is 9.97 Å². The van der Waals surface area contributed by atoms with Gasteiger partial charge in [0.05, 0.1) is 5.52 Å². The molecule has 0 unspecified atom stereocenters. The lowest BCUT2D eigenvalue weighted by Crippen LogP contribution is -1.84. The monoisotopic (exact) mass is 306 g/mol. The summed E-state index contributed by atoms with van der Waals surface area (Å²) in [4.78, 5) is 8.69. The molecular weight excluding hydrogens is 299 g/mol. The average Bonchev–Trinajstić information content (AvgIpc) is 2.29. The van der Waals surface area contributed by atoms with Crippen LogP contribution in [-0.4, -0.2) is 9.97 Å². The lowest BCUT2D eigenvalue weighted by molar-refractivity contribution is 1.30. The minimum Gasteiger partial charge on any atom is -0.256 e. The van der Waals surface area contributed by atoms with Crippen LogP contribution in [0.5, 0.6) is 0 Å². The zero-order valence-corrected chi connectivity index (χ0v) is 9.97. The summed E-state index contributed by atoms with van der Waals surface area (Å²) < 4.78 is 0.998. The predicted octanol–water partition coefficient (Wildman–Crippen LogP) is 3.39. The number of fused-ring (bicyclic) bond motifs is 3. The summed E-state index contributed by atoms with van der Waals surface area (Å²) in [6.07, 6.45) is 3.72. The molecule has 0 bridgehead atoms. The summed E-state index contributed by atoms with van der Waals surface area (Å²) >= 11 is 2.22. The van der Waals surface area contributed by atoms with E-state index in [1.807, 2.05) is 18.5 Å². The van der Waals surface area contributed by atoms with Crippen LogP contribution in [0.15, 0.2) is 42.7 Å². The Morgan fingerprint density at radius 1 is 1.00 bits per heavy atom. The van der Waals surface area contributed by atoms with E-state index in [4.69, 9.17) is 0 Å². The van der Waals surface area contributed by atoms with Crippen molar-refractivity contribution >= 4 is 44.3 Å². The number of hydrogen-bond acceptors (Lipinski definition) is 2. The Hall–Kier alpha value is -1.23. The second kappa shape index (κ2) is 3.41. The first-order valence-electron chi connectivity index (χ1n) is 4.63. The van der Waals surface area contributed by atoms with Crippen LogP contribution in [0.1, 0.15) is 0 Å². The van der Waals surface area contributed by atoms with Crippen molar-refractivity contribution < 1.29 is 0 Å². The fraction of sp³-hybridized carbons (Fsp3) is 0. The van der Waals surface area contributed by atoms with Crippen LogP contribution in [0.4, 0.5) is 0 Å². The third kappa shape index (κ3) is 1.47. The van der Waals surface area contributed by atoms with Gasteiger partial charge >= 0.3 is 0 Å². The SMILES string of the molecule is Ic1cc2c(ccc3cccnc32)cn1. The number of halogens is 1. The molecule has 0 N–H and O–H groups in total. The van der Waals surface area contributed by atoms with E-state index in [0.29, 0.717) is 0 Å². The van der Waals surface area contributed by atoms with Crippen molar-refractivity contribution in [3.05, 3.63) is 46.4 Å². The van der Waals surface area contributed by atoms with E-state index >= 15 is 0 Å². The number of benzene rings is 1. The van der Waals surface area contributed by atoms with Crippen LogP contribution in [0.25, 0.3) is 21.7 Å². The normalized spacial score (nSPS) is 11.0. The molecule has 3 rings (SSSR count). The second-order valence-corrected chi connectivity index (χ2v) is 4.47. The van der Waals surface area contributed by atoms with Gasteiger partial charge in [-0.2, -0.15) is 0 Å². The Morgan fingerprint density at radius 2 is 1.87 bits per heavy atom. The molecule has 2 heterocycles. The van der Waals surface area contributed by atoms with Crippen molar-refractivity contribution in [2.24, 2.45) is 0 Å². The molecule has 0 spiro atoms. The Morgan fingerprint density at radius 3 is 2.80 bits per heavy atom. The Labute approximate surface area is 100 Å². The van der Waals surface area contributed by atoms with Gasteiger partial charge in [0.1, 0.15) is 3.70 Å². The van der Waals surface area contributed by atoms with Crippen LogP contribution >= 0.6 is 22.6 Å². The van der Waals surface area contributed by atoms with Gasteiger partial charge in [0.15, 0.2) is 0 Å². The highest BCUT2D eigenvalue weighted by Gasteiger charge is 2.01. The quantitative estimate of drug-likeness (QED) is 0.361. The first kappa shape index (κ1) is 9.03. The molecule has 0 fully saturated rings. The van der Waals surface area contributed by atoms with Gasteiger partial charge in [0.25, 0.3) is 0 Å². The molecule has 3 heteroatoms. The van der Waals surface area contributed by atoms with Crippen molar-refractivity contribution in [1.29, 1.82) is 0 Å². The van der Waals surface area contributed by atoms with Gasteiger partial charge in [-0.15, -0.1) is 0 Å². The van der Waals surface area contributed by atoms with Gasteiger partial charge in [0, 0.05) is 28.6 Å². The van der Waals surface area contributed by atoms with E-state index in [1.165, 1.54) is 10.8 Å². The molecule has 0 aliphatic carbocycles. The minimum atomic E-state index is 0.998. The lowest BCUT2D eigenvalue weighted by atomic mass is 10.1. The highest BCUT2D eigenvalue weighted by Crippen LogP contribution is 2.23. The molecule has 0 saturated carbocycles. The Balaban J connectivity index is 2.57. The molecule has 2 aromatic heterocycles. The van der Waals surface area contributed by atoms with Crippen LogP contribution in [0.3, 0.4) is 0 Å². The molecule has 0 radical (unpaired) electrons. The summed E-state index contributed by atoms with van der Waals surface area (Å²) in [5.74, 6) is 0. The Kier molecular flexibility index (Phi) is 2.05. The highest BCUT2D eigenvalue weighted by molar-refractivity contribution is 14.1. The van der Waals surface area contributed by atoms with Gasteiger partial charge in [-0.1, -0.05) is 18.2 Å². The first-order chi connectivity index (χ1) is 7.34.